The Morgan fingerprint density at radius 1 is 1.26 bits per heavy atom. The van der Waals surface area contributed by atoms with Crippen LogP contribution in [0.3, 0.4) is 0 Å². The van der Waals surface area contributed by atoms with Crippen LogP contribution in [0.4, 0.5) is 5.69 Å². The van der Waals surface area contributed by atoms with E-state index < -0.39 is 0 Å². The predicted molar refractivity (Wildman–Crippen MR) is 79.1 cm³/mol. The fraction of sp³-hybridized carbons (Fsp3) is 0.133. The second kappa shape index (κ2) is 5.77. The summed E-state index contributed by atoms with van der Waals surface area (Å²) < 4.78 is 6.80. The van der Waals surface area contributed by atoms with Gasteiger partial charge in [0.2, 0.25) is 0 Å². The summed E-state index contributed by atoms with van der Waals surface area (Å²) >= 11 is 3.42. The molecule has 2 aromatic carbocycles. The number of hydrogen-bond acceptors (Lipinski definition) is 3. The lowest BCUT2D eigenvalue weighted by Crippen LogP contribution is -1.95. The third-order valence-electron chi connectivity index (χ3n) is 2.76. The molecule has 3 nitrogen and oxygen atoms in total. The SMILES string of the molecule is Cc1ccc(Br)cc1Oc1ccc(N)c(CC#N)c1. The summed E-state index contributed by atoms with van der Waals surface area (Å²) in [6.45, 7) is 1.98. The maximum Gasteiger partial charge on any atom is 0.131 e. The van der Waals surface area contributed by atoms with Crippen molar-refractivity contribution in [1.29, 1.82) is 5.26 Å². The van der Waals surface area contributed by atoms with Crippen molar-refractivity contribution in [1.82, 2.24) is 0 Å². The third-order valence-corrected chi connectivity index (χ3v) is 3.26. The first-order valence-electron chi connectivity index (χ1n) is 5.79. The van der Waals surface area contributed by atoms with Crippen LogP contribution in [0.2, 0.25) is 0 Å². The van der Waals surface area contributed by atoms with Crippen LogP contribution in [0, 0.1) is 18.3 Å². The minimum absolute atomic E-state index is 0.278. The molecule has 0 radical (unpaired) electrons. The van der Waals surface area contributed by atoms with Crippen molar-refractivity contribution in [2.75, 3.05) is 5.73 Å². The summed E-state index contributed by atoms with van der Waals surface area (Å²) in [6, 6.07) is 13.3. The number of nitrogens with zero attached hydrogens (tertiary/aromatic N) is 1. The van der Waals surface area contributed by atoms with Gasteiger partial charge < -0.3 is 10.5 Å². The average Bonchev–Trinajstić information content (AvgIpc) is 2.38. The molecule has 0 aliphatic rings. The second-order valence-electron chi connectivity index (χ2n) is 4.21. The van der Waals surface area contributed by atoms with Crippen LogP contribution in [0.15, 0.2) is 40.9 Å². The monoisotopic (exact) mass is 316 g/mol. The van der Waals surface area contributed by atoms with Crippen molar-refractivity contribution in [3.63, 3.8) is 0 Å². The molecule has 0 saturated carbocycles. The average molecular weight is 317 g/mol. The van der Waals surface area contributed by atoms with Crippen molar-refractivity contribution in [2.24, 2.45) is 0 Å². The van der Waals surface area contributed by atoms with E-state index >= 15 is 0 Å². The standard InChI is InChI=1S/C15H13BrN2O/c1-10-2-3-12(16)9-15(10)19-13-4-5-14(18)11(8-13)6-7-17/h2-5,8-9H,6,18H2,1H3. The zero-order chi connectivity index (χ0) is 13.8. The minimum atomic E-state index is 0.278. The normalized spacial score (nSPS) is 9.95. The molecule has 0 unspecified atom stereocenters. The summed E-state index contributed by atoms with van der Waals surface area (Å²) in [6.07, 6.45) is 0.278. The number of anilines is 1. The Labute approximate surface area is 120 Å². The van der Waals surface area contributed by atoms with Gasteiger partial charge in [-0.25, -0.2) is 0 Å². The summed E-state index contributed by atoms with van der Waals surface area (Å²) in [5.74, 6) is 1.46. The van der Waals surface area contributed by atoms with Gasteiger partial charge in [-0.3, -0.25) is 0 Å². The first-order chi connectivity index (χ1) is 9.10. The van der Waals surface area contributed by atoms with E-state index in [9.17, 15) is 0 Å². The van der Waals surface area contributed by atoms with Gasteiger partial charge in [-0.2, -0.15) is 5.26 Å². The Balaban J connectivity index is 2.31. The number of rotatable bonds is 3. The number of ether oxygens (including phenoxy) is 1. The van der Waals surface area contributed by atoms with E-state index in [-0.39, 0.29) is 6.42 Å². The largest absolute Gasteiger partial charge is 0.457 e. The molecular weight excluding hydrogens is 304 g/mol. The molecule has 0 spiro atoms. The van der Waals surface area contributed by atoms with Gasteiger partial charge >= 0.3 is 0 Å². The molecule has 0 bridgehead atoms. The van der Waals surface area contributed by atoms with E-state index in [0.717, 1.165) is 21.3 Å². The van der Waals surface area contributed by atoms with Crippen LogP contribution < -0.4 is 10.5 Å². The van der Waals surface area contributed by atoms with E-state index in [2.05, 4.69) is 22.0 Å². The Hall–Kier alpha value is -1.99. The van der Waals surface area contributed by atoms with Crippen LogP contribution in [0.1, 0.15) is 11.1 Å². The van der Waals surface area contributed by atoms with Gasteiger partial charge in [0.05, 0.1) is 12.5 Å². The highest BCUT2D eigenvalue weighted by Gasteiger charge is 2.05. The maximum absolute atomic E-state index is 8.75. The van der Waals surface area contributed by atoms with Crippen molar-refractivity contribution in [3.05, 3.63) is 52.0 Å². The number of aryl methyl sites for hydroxylation is 1. The molecule has 2 N–H and O–H groups in total. The quantitative estimate of drug-likeness (QED) is 0.863. The van der Waals surface area contributed by atoms with Gasteiger partial charge in [0.25, 0.3) is 0 Å². The van der Waals surface area contributed by atoms with E-state index in [0.29, 0.717) is 11.4 Å². The Morgan fingerprint density at radius 3 is 2.79 bits per heavy atom. The summed E-state index contributed by atoms with van der Waals surface area (Å²) in [5, 5.41) is 8.75. The number of nitrogen functional groups attached to an aromatic ring is 1. The zero-order valence-electron chi connectivity index (χ0n) is 10.5. The van der Waals surface area contributed by atoms with Gasteiger partial charge in [-0.05, 0) is 48.4 Å². The van der Waals surface area contributed by atoms with Crippen LogP contribution in [0.25, 0.3) is 0 Å². The van der Waals surface area contributed by atoms with E-state index in [1.807, 2.05) is 25.1 Å². The third kappa shape index (κ3) is 3.27. The van der Waals surface area contributed by atoms with Crippen LogP contribution in [-0.4, -0.2) is 0 Å². The molecule has 0 amide bonds. The molecule has 0 saturated heterocycles. The molecule has 4 heteroatoms. The van der Waals surface area contributed by atoms with Crippen molar-refractivity contribution in [2.45, 2.75) is 13.3 Å². The summed E-state index contributed by atoms with van der Waals surface area (Å²) in [7, 11) is 0. The molecule has 0 aliphatic carbocycles. The topological polar surface area (TPSA) is 59.0 Å². The van der Waals surface area contributed by atoms with Crippen LogP contribution in [-0.2, 0) is 6.42 Å². The lowest BCUT2D eigenvalue weighted by molar-refractivity contribution is 0.478. The fourth-order valence-corrected chi connectivity index (χ4v) is 2.03. The molecule has 0 heterocycles. The molecule has 0 aliphatic heterocycles. The number of benzene rings is 2. The first-order valence-corrected chi connectivity index (χ1v) is 6.59. The van der Waals surface area contributed by atoms with Crippen LogP contribution >= 0.6 is 15.9 Å². The molecule has 2 rings (SSSR count). The predicted octanol–water partition coefficient (Wildman–Crippen LogP) is 4.20. The minimum Gasteiger partial charge on any atom is -0.457 e. The molecule has 0 aromatic heterocycles. The van der Waals surface area contributed by atoms with Gasteiger partial charge in [0.1, 0.15) is 11.5 Å². The summed E-state index contributed by atoms with van der Waals surface area (Å²) in [4.78, 5) is 0. The first kappa shape index (κ1) is 13.4. The van der Waals surface area contributed by atoms with E-state index in [1.54, 1.807) is 18.2 Å². The highest BCUT2D eigenvalue weighted by Crippen LogP contribution is 2.29. The molecule has 19 heavy (non-hydrogen) atoms. The van der Waals surface area contributed by atoms with Crippen molar-refractivity contribution < 1.29 is 4.74 Å². The highest BCUT2D eigenvalue weighted by molar-refractivity contribution is 9.10. The molecule has 96 valence electrons. The number of halogens is 1. The van der Waals surface area contributed by atoms with E-state index in [4.69, 9.17) is 15.7 Å². The smallest absolute Gasteiger partial charge is 0.131 e. The van der Waals surface area contributed by atoms with Gasteiger partial charge in [-0.15, -0.1) is 0 Å². The Morgan fingerprint density at radius 2 is 2.05 bits per heavy atom. The van der Waals surface area contributed by atoms with Gasteiger partial charge in [-0.1, -0.05) is 22.0 Å². The van der Waals surface area contributed by atoms with E-state index in [1.165, 1.54) is 0 Å². The number of nitriles is 1. The fourth-order valence-electron chi connectivity index (χ4n) is 1.69. The van der Waals surface area contributed by atoms with Crippen molar-refractivity contribution in [3.8, 4) is 17.6 Å². The summed E-state index contributed by atoms with van der Waals surface area (Å²) in [5.41, 5.74) is 8.25. The molecular formula is C15H13BrN2O. The molecule has 0 atom stereocenters. The van der Waals surface area contributed by atoms with Crippen LogP contribution in [0.5, 0.6) is 11.5 Å². The van der Waals surface area contributed by atoms with Crippen molar-refractivity contribution >= 4 is 21.6 Å². The maximum atomic E-state index is 8.75. The zero-order valence-corrected chi connectivity index (χ0v) is 12.1. The van der Waals surface area contributed by atoms with Gasteiger partial charge in [0, 0.05) is 10.2 Å². The Bertz CT molecular complexity index is 647. The second-order valence-corrected chi connectivity index (χ2v) is 5.12. The lowest BCUT2D eigenvalue weighted by Gasteiger charge is -2.11. The number of hydrogen-bond donors (Lipinski definition) is 1. The van der Waals surface area contributed by atoms with Gasteiger partial charge in [0.15, 0.2) is 0 Å². The lowest BCUT2D eigenvalue weighted by atomic mass is 10.1. The molecule has 2 aromatic rings. The molecule has 0 fully saturated rings. The Kier molecular flexibility index (Phi) is 4.08. The number of nitrogens with two attached hydrogens (primary N) is 1. The highest BCUT2D eigenvalue weighted by atomic mass is 79.9.